The summed E-state index contributed by atoms with van der Waals surface area (Å²) in [4.78, 5) is 27.2. The zero-order valence-corrected chi connectivity index (χ0v) is 16.0. The molecule has 1 saturated heterocycles. The van der Waals surface area contributed by atoms with Crippen molar-refractivity contribution in [2.45, 2.75) is 19.3 Å². The molecular weight excluding hydrogens is 364 g/mol. The van der Waals surface area contributed by atoms with Crippen LogP contribution in [0.25, 0.3) is 16.7 Å². The SMILES string of the molecule is O=C(c1cc(-n2cccn2)ccn1)N1CCC(Cc2nc3ccccc3[nH]2)CC1. The second-order valence-electron chi connectivity index (χ2n) is 7.49. The van der Waals surface area contributed by atoms with E-state index in [0.29, 0.717) is 11.6 Å². The summed E-state index contributed by atoms with van der Waals surface area (Å²) in [6.07, 6.45) is 8.10. The maximum atomic E-state index is 12.9. The molecule has 1 aliphatic heterocycles. The second kappa shape index (κ2) is 7.50. The molecule has 5 rings (SSSR count). The third kappa shape index (κ3) is 3.63. The van der Waals surface area contributed by atoms with Crippen molar-refractivity contribution in [2.75, 3.05) is 13.1 Å². The zero-order chi connectivity index (χ0) is 19.6. The third-order valence-electron chi connectivity index (χ3n) is 5.55. The number of pyridine rings is 1. The van der Waals surface area contributed by atoms with Crippen molar-refractivity contribution in [3.63, 3.8) is 0 Å². The first-order valence-corrected chi connectivity index (χ1v) is 9.95. The van der Waals surface area contributed by atoms with E-state index < -0.39 is 0 Å². The fraction of sp³-hybridized carbons (Fsp3) is 0.273. The van der Waals surface area contributed by atoms with Gasteiger partial charge < -0.3 is 9.88 Å². The summed E-state index contributed by atoms with van der Waals surface area (Å²) < 4.78 is 1.73. The molecule has 4 aromatic rings. The van der Waals surface area contributed by atoms with E-state index >= 15 is 0 Å². The van der Waals surface area contributed by atoms with Crippen molar-refractivity contribution in [3.8, 4) is 5.69 Å². The van der Waals surface area contributed by atoms with E-state index in [-0.39, 0.29) is 5.91 Å². The van der Waals surface area contributed by atoms with Crippen molar-refractivity contribution in [1.82, 2.24) is 29.6 Å². The van der Waals surface area contributed by atoms with E-state index in [2.05, 4.69) is 26.1 Å². The first-order chi connectivity index (χ1) is 14.3. The summed E-state index contributed by atoms with van der Waals surface area (Å²) in [5.74, 6) is 1.55. The standard InChI is InChI=1S/C22H22N6O/c29-22(20-15-17(6-10-23-20)28-11-3-9-24-28)27-12-7-16(8-13-27)14-21-25-18-4-1-2-5-19(18)26-21/h1-6,9-11,15-16H,7-8,12-14H2,(H,25,26). The minimum atomic E-state index is -0.0128. The quantitative estimate of drug-likeness (QED) is 0.584. The van der Waals surface area contributed by atoms with Crippen LogP contribution in [-0.2, 0) is 6.42 Å². The normalized spacial score (nSPS) is 15.1. The van der Waals surface area contributed by atoms with Gasteiger partial charge in [-0.05, 0) is 49.1 Å². The van der Waals surface area contributed by atoms with Gasteiger partial charge in [0.15, 0.2) is 0 Å². The average molecular weight is 386 g/mol. The lowest BCUT2D eigenvalue weighted by atomic mass is 9.93. The molecule has 0 unspecified atom stereocenters. The number of rotatable bonds is 4. The lowest BCUT2D eigenvalue weighted by Crippen LogP contribution is -2.39. The van der Waals surface area contributed by atoms with E-state index in [1.807, 2.05) is 41.4 Å². The van der Waals surface area contributed by atoms with Crippen LogP contribution in [0.5, 0.6) is 0 Å². The fourth-order valence-electron chi connectivity index (χ4n) is 3.98. The van der Waals surface area contributed by atoms with Crippen LogP contribution in [0.1, 0.15) is 29.2 Å². The number of aromatic nitrogens is 5. The lowest BCUT2D eigenvalue weighted by molar-refractivity contribution is 0.0684. The van der Waals surface area contributed by atoms with Gasteiger partial charge in [0.2, 0.25) is 0 Å². The Bertz CT molecular complexity index is 1090. The topological polar surface area (TPSA) is 79.7 Å². The molecule has 1 aromatic carbocycles. The van der Waals surface area contributed by atoms with Crippen LogP contribution < -0.4 is 0 Å². The summed E-state index contributed by atoms with van der Waals surface area (Å²) in [7, 11) is 0. The van der Waals surface area contributed by atoms with Crippen molar-refractivity contribution in [3.05, 3.63) is 72.6 Å². The maximum absolute atomic E-state index is 12.9. The fourth-order valence-corrected chi connectivity index (χ4v) is 3.98. The molecule has 146 valence electrons. The number of fused-ring (bicyclic) bond motifs is 1. The van der Waals surface area contributed by atoms with Crippen LogP contribution in [0, 0.1) is 5.92 Å². The largest absolute Gasteiger partial charge is 0.342 e. The average Bonchev–Trinajstić information content (AvgIpc) is 3.43. The number of hydrogen-bond donors (Lipinski definition) is 1. The number of carbonyl (C=O) groups excluding carboxylic acids is 1. The Morgan fingerprint density at radius 2 is 1.97 bits per heavy atom. The minimum Gasteiger partial charge on any atom is -0.342 e. The number of nitrogens with zero attached hydrogens (tertiary/aromatic N) is 5. The highest BCUT2D eigenvalue weighted by atomic mass is 16.2. The van der Waals surface area contributed by atoms with Gasteiger partial charge in [0.25, 0.3) is 5.91 Å². The van der Waals surface area contributed by atoms with Crippen LogP contribution >= 0.6 is 0 Å². The molecule has 0 spiro atoms. The van der Waals surface area contributed by atoms with Gasteiger partial charge in [-0.15, -0.1) is 0 Å². The Kier molecular flexibility index (Phi) is 4.56. The highest BCUT2D eigenvalue weighted by molar-refractivity contribution is 5.92. The van der Waals surface area contributed by atoms with Crippen LogP contribution in [-0.4, -0.2) is 48.6 Å². The number of piperidine rings is 1. The molecule has 1 aliphatic rings. The highest BCUT2D eigenvalue weighted by Crippen LogP contribution is 2.23. The van der Waals surface area contributed by atoms with Gasteiger partial charge in [0.1, 0.15) is 11.5 Å². The number of likely N-dealkylation sites (tertiary alicyclic amines) is 1. The molecule has 0 saturated carbocycles. The number of para-hydroxylation sites is 2. The maximum Gasteiger partial charge on any atom is 0.272 e. The summed E-state index contributed by atoms with van der Waals surface area (Å²) >= 11 is 0. The molecule has 7 heteroatoms. The Labute approximate surface area is 168 Å². The molecular formula is C22H22N6O. The predicted octanol–water partition coefficient (Wildman–Crippen LogP) is 3.24. The number of amides is 1. The van der Waals surface area contributed by atoms with Crippen LogP contribution in [0.3, 0.4) is 0 Å². The zero-order valence-electron chi connectivity index (χ0n) is 16.0. The first kappa shape index (κ1) is 17.6. The van der Waals surface area contributed by atoms with Crippen molar-refractivity contribution < 1.29 is 4.79 Å². The molecule has 4 heterocycles. The van der Waals surface area contributed by atoms with Gasteiger partial charge in [0.05, 0.1) is 16.7 Å². The Balaban J connectivity index is 1.22. The molecule has 1 amide bonds. The summed E-state index contributed by atoms with van der Waals surface area (Å²) in [5.41, 5.74) is 3.40. The number of imidazole rings is 1. The van der Waals surface area contributed by atoms with E-state index in [1.54, 1.807) is 23.1 Å². The predicted molar refractivity (Wildman–Crippen MR) is 110 cm³/mol. The number of H-pyrrole nitrogens is 1. The van der Waals surface area contributed by atoms with E-state index in [1.165, 1.54) is 0 Å². The monoisotopic (exact) mass is 386 g/mol. The van der Waals surface area contributed by atoms with E-state index in [9.17, 15) is 4.79 Å². The number of hydrogen-bond acceptors (Lipinski definition) is 4. The minimum absolute atomic E-state index is 0.0128. The molecule has 0 radical (unpaired) electrons. The summed E-state index contributed by atoms with van der Waals surface area (Å²) in [6.45, 7) is 1.49. The number of benzene rings is 1. The van der Waals surface area contributed by atoms with Gasteiger partial charge in [-0.2, -0.15) is 5.10 Å². The molecule has 0 aliphatic carbocycles. The van der Waals surface area contributed by atoms with Gasteiger partial charge >= 0.3 is 0 Å². The van der Waals surface area contributed by atoms with Crippen molar-refractivity contribution in [2.24, 2.45) is 5.92 Å². The Hall–Kier alpha value is -3.48. The smallest absolute Gasteiger partial charge is 0.272 e. The molecule has 7 nitrogen and oxygen atoms in total. The number of nitrogens with one attached hydrogen (secondary N) is 1. The van der Waals surface area contributed by atoms with Crippen molar-refractivity contribution >= 4 is 16.9 Å². The Morgan fingerprint density at radius 1 is 1.10 bits per heavy atom. The third-order valence-corrected chi connectivity index (χ3v) is 5.55. The van der Waals surface area contributed by atoms with E-state index in [4.69, 9.17) is 0 Å². The van der Waals surface area contributed by atoms with E-state index in [0.717, 1.165) is 54.9 Å². The van der Waals surface area contributed by atoms with Gasteiger partial charge in [-0.25, -0.2) is 9.67 Å². The van der Waals surface area contributed by atoms with Crippen LogP contribution in [0.15, 0.2) is 61.1 Å². The lowest BCUT2D eigenvalue weighted by Gasteiger charge is -2.31. The number of aromatic amines is 1. The summed E-state index contributed by atoms with van der Waals surface area (Å²) in [6, 6.07) is 13.6. The number of carbonyl (C=O) groups is 1. The van der Waals surface area contributed by atoms with Gasteiger partial charge in [-0.1, -0.05) is 12.1 Å². The van der Waals surface area contributed by atoms with Crippen molar-refractivity contribution in [1.29, 1.82) is 0 Å². The molecule has 1 fully saturated rings. The van der Waals surface area contributed by atoms with Gasteiger partial charge in [0, 0.05) is 38.1 Å². The van der Waals surface area contributed by atoms with Crippen LogP contribution in [0.2, 0.25) is 0 Å². The molecule has 0 bridgehead atoms. The molecule has 1 N–H and O–H groups in total. The van der Waals surface area contributed by atoms with Gasteiger partial charge in [-0.3, -0.25) is 9.78 Å². The summed E-state index contributed by atoms with van der Waals surface area (Å²) in [5, 5.41) is 4.22. The first-order valence-electron chi connectivity index (χ1n) is 9.95. The molecule has 3 aromatic heterocycles. The molecule has 0 atom stereocenters. The van der Waals surface area contributed by atoms with Crippen LogP contribution in [0.4, 0.5) is 0 Å². The molecule has 29 heavy (non-hydrogen) atoms. The second-order valence-corrected chi connectivity index (χ2v) is 7.49. The highest BCUT2D eigenvalue weighted by Gasteiger charge is 2.25. The Morgan fingerprint density at radius 3 is 2.76 bits per heavy atom.